The topological polar surface area (TPSA) is 78.7 Å². The number of piperidine rings is 1. The van der Waals surface area contributed by atoms with E-state index in [0.29, 0.717) is 36.9 Å². The first-order valence-corrected chi connectivity index (χ1v) is 12.4. The summed E-state index contributed by atoms with van der Waals surface area (Å²) in [6, 6.07) is 10.5. The number of benzene rings is 2. The average Bonchev–Trinajstić information content (AvgIpc) is 3.31. The van der Waals surface area contributed by atoms with Crippen molar-refractivity contribution in [3.8, 4) is 0 Å². The highest BCUT2D eigenvalue weighted by Crippen LogP contribution is 2.38. The van der Waals surface area contributed by atoms with Crippen LogP contribution in [0.15, 0.2) is 42.5 Å². The van der Waals surface area contributed by atoms with E-state index < -0.39 is 22.4 Å². The third kappa shape index (κ3) is 7.28. The first-order chi connectivity index (χ1) is 17.1. The Balaban J connectivity index is 0.00000380. The number of halogens is 4. The monoisotopic (exact) mass is 540 g/mol. The van der Waals surface area contributed by atoms with Crippen LogP contribution in [-0.4, -0.2) is 48.0 Å². The molecule has 2 aliphatic rings. The van der Waals surface area contributed by atoms with Crippen molar-refractivity contribution in [1.29, 1.82) is 0 Å². The Bertz CT molecular complexity index is 1090. The van der Waals surface area contributed by atoms with Crippen molar-refractivity contribution >= 4 is 34.6 Å². The van der Waals surface area contributed by atoms with Crippen LogP contribution in [0.1, 0.15) is 45.1 Å². The molecule has 1 atom stereocenters. The number of carbonyl (C=O) groups is 1. The number of anilines is 2. The molecule has 0 saturated carbocycles. The van der Waals surface area contributed by atoms with Crippen LogP contribution < -0.4 is 10.2 Å². The van der Waals surface area contributed by atoms with Crippen LogP contribution in [0.3, 0.4) is 0 Å². The molecular weight excluding hydrogens is 509 g/mol. The molecule has 2 heterocycles. The van der Waals surface area contributed by atoms with Crippen molar-refractivity contribution in [2.45, 2.75) is 51.7 Å². The summed E-state index contributed by atoms with van der Waals surface area (Å²) in [6.45, 7) is 2.80. The van der Waals surface area contributed by atoms with Crippen molar-refractivity contribution in [1.82, 2.24) is 4.90 Å². The van der Waals surface area contributed by atoms with Crippen molar-refractivity contribution in [3.05, 3.63) is 63.2 Å². The summed E-state index contributed by atoms with van der Waals surface area (Å²) in [5, 5.41) is 14.7. The second-order valence-electron chi connectivity index (χ2n) is 9.40. The summed E-state index contributed by atoms with van der Waals surface area (Å²) < 4.78 is 39.7. The van der Waals surface area contributed by atoms with Gasteiger partial charge in [0.05, 0.1) is 4.92 Å². The van der Waals surface area contributed by atoms with Crippen LogP contribution in [0.4, 0.5) is 30.2 Å². The number of nitro groups is 1. The first-order valence-electron chi connectivity index (χ1n) is 12.0. The zero-order chi connectivity index (χ0) is 25.9. The number of hydrogen-bond donors (Lipinski definition) is 1. The maximum Gasteiger partial charge on any atom is 0.423 e. The lowest BCUT2D eigenvalue weighted by atomic mass is 9.91. The van der Waals surface area contributed by atoms with Gasteiger partial charge < -0.3 is 15.1 Å². The molecule has 0 unspecified atom stereocenters. The Labute approximate surface area is 219 Å². The van der Waals surface area contributed by atoms with E-state index in [1.807, 2.05) is 24.3 Å². The van der Waals surface area contributed by atoms with E-state index in [1.165, 1.54) is 6.07 Å². The third-order valence-corrected chi connectivity index (χ3v) is 7.24. The Morgan fingerprint density at radius 2 is 1.76 bits per heavy atom. The van der Waals surface area contributed by atoms with E-state index in [0.717, 1.165) is 50.2 Å². The van der Waals surface area contributed by atoms with Gasteiger partial charge in [0, 0.05) is 61.1 Å². The zero-order valence-corrected chi connectivity index (χ0v) is 20.4. The molecule has 0 aromatic heterocycles. The third-order valence-electron chi connectivity index (χ3n) is 6.98. The molecular formula is C26H32ClF3N4O3. The van der Waals surface area contributed by atoms with Gasteiger partial charge in [0.15, 0.2) is 0 Å². The highest BCUT2D eigenvalue weighted by molar-refractivity contribution is 6.30. The van der Waals surface area contributed by atoms with Gasteiger partial charge in [0.1, 0.15) is 5.56 Å². The number of rotatable bonds is 7. The molecule has 1 N–H and O–H groups in total. The van der Waals surface area contributed by atoms with Gasteiger partial charge in [-0.25, -0.2) is 0 Å². The van der Waals surface area contributed by atoms with Crippen LogP contribution >= 0.6 is 11.6 Å². The van der Waals surface area contributed by atoms with E-state index >= 15 is 0 Å². The fourth-order valence-electron chi connectivity index (χ4n) is 4.97. The van der Waals surface area contributed by atoms with Gasteiger partial charge in [-0.2, -0.15) is 13.2 Å². The predicted octanol–water partition coefficient (Wildman–Crippen LogP) is 6.61. The van der Waals surface area contributed by atoms with Gasteiger partial charge in [-0.15, -0.1) is 0 Å². The molecule has 1 amide bonds. The van der Waals surface area contributed by atoms with Gasteiger partial charge in [-0.3, -0.25) is 14.9 Å². The van der Waals surface area contributed by atoms with Gasteiger partial charge >= 0.3 is 6.18 Å². The standard InChI is InChI=1S/C25H28ClF3N4O3.CH4/c26-18-2-5-21(6-3-18)31-12-9-17(10-13-31)1-8-24(34)32-14-11-20(16-32)30-19-4-7-23(33(35)36)22(15-19)25(27,28)29;/h2-7,15,17,20,30H,1,8-14,16H2;1H4/t20-;/m1./s1. The fraction of sp³-hybridized carbons (Fsp3) is 0.500. The summed E-state index contributed by atoms with van der Waals surface area (Å²) in [5.41, 5.74) is -0.958. The molecule has 2 fully saturated rings. The molecule has 2 aromatic carbocycles. The summed E-state index contributed by atoms with van der Waals surface area (Å²) in [6.07, 6.45) is -0.927. The molecule has 2 aromatic rings. The summed E-state index contributed by atoms with van der Waals surface area (Å²) in [5.74, 6) is 0.536. The van der Waals surface area contributed by atoms with Crippen molar-refractivity contribution in [2.75, 3.05) is 36.4 Å². The zero-order valence-electron chi connectivity index (χ0n) is 19.6. The maximum absolute atomic E-state index is 13.2. The van der Waals surface area contributed by atoms with Crippen LogP contribution in [0, 0.1) is 16.0 Å². The van der Waals surface area contributed by atoms with Gasteiger partial charge in [0.25, 0.3) is 5.69 Å². The average molecular weight is 541 g/mol. The van der Waals surface area contributed by atoms with E-state index in [9.17, 15) is 28.1 Å². The minimum Gasteiger partial charge on any atom is -0.380 e. The van der Waals surface area contributed by atoms with Crippen LogP contribution in [0.25, 0.3) is 0 Å². The summed E-state index contributed by atoms with van der Waals surface area (Å²) in [7, 11) is 0. The Morgan fingerprint density at radius 3 is 2.38 bits per heavy atom. The summed E-state index contributed by atoms with van der Waals surface area (Å²) >= 11 is 5.96. The number of alkyl halides is 3. The maximum atomic E-state index is 13.2. The lowest BCUT2D eigenvalue weighted by Gasteiger charge is -2.33. The normalized spacial score (nSPS) is 18.4. The number of carbonyl (C=O) groups excluding carboxylic acids is 1. The van der Waals surface area contributed by atoms with E-state index in [-0.39, 0.29) is 25.1 Å². The predicted molar refractivity (Wildman–Crippen MR) is 139 cm³/mol. The quantitative estimate of drug-likeness (QED) is 0.316. The lowest BCUT2D eigenvalue weighted by molar-refractivity contribution is -0.388. The molecule has 7 nitrogen and oxygen atoms in total. The number of amides is 1. The molecule has 202 valence electrons. The number of likely N-dealkylation sites (tertiary alicyclic amines) is 1. The Hall–Kier alpha value is -3.01. The smallest absolute Gasteiger partial charge is 0.380 e. The van der Waals surface area contributed by atoms with Crippen LogP contribution in [0.5, 0.6) is 0 Å². The fourth-order valence-corrected chi connectivity index (χ4v) is 5.10. The highest BCUT2D eigenvalue weighted by Gasteiger charge is 2.38. The van der Waals surface area contributed by atoms with E-state index in [4.69, 9.17) is 11.6 Å². The number of nitrogens with zero attached hydrogens (tertiary/aromatic N) is 3. The molecule has 2 saturated heterocycles. The largest absolute Gasteiger partial charge is 0.423 e. The lowest BCUT2D eigenvalue weighted by Crippen LogP contribution is -2.35. The molecule has 37 heavy (non-hydrogen) atoms. The number of nitro benzene ring substituents is 1. The molecule has 4 rings (SSSR count). The molecule has 0 spiro atoms. The van der Waals surface area contributed by atoms with Crippen molar-refractivity contribution in [3.63, 3.8) is 0 Å². The summed E-state index contributed by atoms with van der Waals surface area (Å²) in [4.78, 5) is 26.7. The molecule has 0 aliphatic carbocycles. The minimum absolute atomic E-state index is 0. The van der Waals surface area contributed by atoms with E-state index in [1.54, 1.807) is 4.90 Å². The molecule has 11 heteroatoms. The highest BCUT2D eigenvalue weighted by atomic mass is 35.5. The number of nitrogens with one attached hydrogen (secondary N) is 1. The second kappa shape index (κ2) is 12.0. The SMILES string of the molecule is C.O=C(CCC1CCN(c2ccc(Cl)cc2)CC1)N1CC[C@@H](Nc2ccc([N+](=O)[O-])c(C(F)(F)F)c2)C1. The van der Waals surface area contributed by atoms with Crippen molar-refractivity contribution < 1.29 is 22.9 Å². The molecule has 2 aliphatic heterocycles. The van der Waals surface area contributed by atoms with Gasteiger partial charge in [-0.05, 0) is 68.0 Å². The van der Waals surface area contributed by atoms with E-state index in [2.05, 4.69) is 10.2 Å². The Morgan fingerprint density at radius 1 is 1.08 bits per heavy atom. The van der Waals surface area contributed by atoms with Crippen LogP contribution in [-0.2, 0) is 11.0 Å². The van der Waals surface area contributed by atoms with Gasteiger partial charge in [0.2, 0.25) is 5.91 Å². The second-order valence-corrected chi connectivity index (χ2v) is 9.84. The van der Waals surface area contributed by atoms with Crippen LogP contribution in [0.2, 0.25) is 5.02 Å². The minimum atomic E-state index is -4.83. The first kappa shape index (κ1) is 28.6. The van der Waals surface area contributed by atoms with Crippen molar-refractivity contribution in [2.24, 2.45) is 5.92 Å². The molecule has 0 bridgehead atoms. The van der Waals surface area contributed by atoms with Gasteiger partial charge in [-0.1, -0.05) is 19.0 Å². The number of hydrogen-bond acceptors (Lipinski definition) is 5. The Kier molecular flexibility index (Phi) is 9.28. The molecule has 0 radical (unpaired) electrons.